The maximum Gasteiger partial charge on any atom is 0.303 e. The second-order valence-electron chi connectivity index (χ2n) is 9.50. The highest BCUT2D eigenvalue weighted by Crippen LogP contribution is 2.37. The molecular weight excluding hydrogens is 458 g/mol. The van der Waals surface area contributed by atoms with Crippen LogP contribution in [0.1, 0.15) is 37.7 Å². The molecule has 1 saturated heterocycles. The molecule has 2 aromatic carbocycles. The van der Waals surface area contributed by atoms with E-state index in [1.807, 2.05) is 23.9 Å². The summed E-state index contributed by atoms with van der Waals surface area (Å²) in [5.74, 6) is 1.73. The van der Waals surface area contributed by atoms with Crippen molar-refractivity contribution in [3.05, 3.63) is 72.3 Å². The Hall–Kier alpha value is -2.12. The summed E-state index contributed by atoms with van der Waals surface area (Å²) in [6.07, 6.45) is 6.93. The minimum absolute atomic E-state index is 0.0193. The van der Waals surface area contributed by atoms with Crippen molar-refractivity contribution in [2.24, 2.45) is 5.92 Å². The number of ether oxygens (including phenoxy) is 1. The van der Waals surface area contributed by atoms with Crippen LogP contribution in [0.2, 0.25) is 0 Å². The number of rotatable bonds is 11. The fraction of sp³-hybridized carbons (Fsp3) is 0.483. The Labute approximate surface area is 213 Å². The number of nitrogens with zero attached hydrogens (tertiary/aromatic N) is 1. The Kier molecular flexibility index (Phi) is 9.83. The van der Waals surface area contributed by atoms with E-state index >= 15 is 0 Å². The molecule has 1 saturated carbocycles. The van der Waals surface area contributed by atoms with Gasteiger partial charge in [0.2, 0.25) is 0 Å². The molecule has 6 heteroatoms. The summed E-state index contributed by atoms with van der Waals surface area (Å²) in [7, 11) is 0. The molecular formula is C29H37NO4S. The quantitative estimate of drug-likeness (QED) is 0.416. The zero-order valence-electron chi connectivity index (χ0n) is 20.3. The van der Waals surface area contributed by atoms with Crippen molar-refractivity contribution in [1.29, 1.82) is 0 Å². The van der Waals surface area contributed by atoms with Crippen LogP contribution in [-0.2, 0) is 16.1 Å². The number of hydrogen-bond donors (Lipinski definition) is 2. The Morgan fingerprint density at radius 2 is 1.69 bits per heavy atom. The number of carboxylic acid groups (broad SMARTS) is 1. The standard InChI is InChI=1S/C29H37NO4S/c31-26-20-27(34-21-22-12-14-24(15-13-22)23-8-4-3-5-9-23)25(10-6-1-2-7-11-28(32)33)29(26)30-16-18-35-19-17-30/h1-5,8-9,12-15,25-27,29,31H,6-7,10-11,16-21H2,(H,32,33)/t25-,26+,27-,29+/m0/s1. The van der Waals surface area contributed by atoms with Crippen LogP contribution < -0.4 is 0 Å². The van der Waals surface area contributed by atoms with Crippen LogP contribution in [0.4, 0.5) is 0 Å². The molecule has 1 heterocycles. The highest BCUT2D eigenvalue weighted by atomic mass is 32.2. The molecule has 35 heavy (non-hydrogen) atoms. The SMILES string of the molecule is O=C(O)CCC=CCC[C@@H]1[C@@H](N2CCSCC2)[C@H](O)C[C@@H]1OCc1ccc(-c2ccccc2)cc1. The lowest BCUT2D eigenvalue weighted by molar-refractivity contribution is -0.136. The number of aliphatic hydroxyl groups is 1. The first-order valence-corrected chi connectivity index (χ1v) is 13.9. The second-order valence-corrected chi connectivity index (χ2v) is 10.7. The Morgan fingerprint density at radius 1 is 1.00 bits per heavy atom. The van der Waals surface area contributed by atoms with Crippen molar-refractivity contribution >= 4 is 17.7 Å². The van der Waals surface area contributed by atoms with Gasteiger partial charge in [-0.05, 0) is 36.0 Å². The lowest BCUT2D eigenvalue weighted by Gasteiger charge is -2.37. The number of carbonyl (C=O) groups is 1. The van der Waals surface area contributed by atoms with Crippen LogP contribution in [0, 0.1) is 5.92 Å². The third kappa shape index (κ3) is 7.43. The van der Waals surface area contributed by atoms with E-state index in [4.69, 9.17) is 9.84 Å². The molecule has 0 unspecified atom stereocenters. The zero-order chi connectivity index (χ0) is 24.5. The molecule has 0 bridgehead atoms. The molecule has 2 fully saturated rings. The van der Waals surface area contributed by atoms with Crippen LogP contribution in [0.3, 0.4) is 0 Å². The van der Waals surface area contributed by atoms with Gasteiger partial charge in [-0.3, -0.25) is 9.69 Å². The number of hydrogen-bond acceptors (Lipinski definition) is 5. The molecule has 188 valence electrons. The summed E-state index contributed by atoms with van der Waals surface area (Å²) in [6.45, 7) is 2.58. The van der Waals surface area contributed by atoms with E-state index in [0.717, 1.165) is 43.0 Å². The van der Waals surface area contributed by atoms with Crippen molar-refractivity contribution in [1.82, 2.24) is 4.90 Å². The largest absolute Gasteiger partial charge is 0.481 e. The number of thioether (sulfide) groups is 1. The minimum Gasteiger partial charge on any atom is -0.481 e. The molecule has 5 nitrogen and oxygen atoms in total. The van der Waals surface area contributed by atoms with Crippen molar-refractivity contribution in [3.63, 3.8) is 0 Å². The normalized spacial score (nSPS) is 25.3. The van der Waals surface area contributed by atoms with Gasteiger partial charge in [0.25, 0.3) is 0 Å². The molecule has 0 spiro atoms. The molecule has 4 atom stereocenters. The third-order valence-electron chi connectivity index (χ3n) is 7.13. The predicted octanol–water partition coefficient (Wildman–Crippen LogP) is 5.24. The van der Waals surface area contributed by atoms with E-state index in [9.17, 15) is 9.90 Å². The fourth-order valence-electron chi connectivity index (χ4n) is 5.35. The predicted molar refractivity (Wildman–Crippen MR) is 142 cm³/mol. The summed E-state index contributed by atoms with van der Waals surface area (Å²) >= 11 is 1.98. The number of allylic oxidation sites excluding steroid dienone is 2. The van der Waals surface area contributed by atoms with Gasteiger partial charge in [0.15, 0.2) is 0 Å². The topological polar surface area (TPSA) is 70.0 Å². The summed E-state index contributed by atoms with van der Waals surface area (Å²) < 4.78 is 6.45. The van der Waals surface area contributed by atoms with Crippen molar-refractivity contribution in [3.8, 4) is 11.1 Å². The number of benzene rings is 2. The van der Waals surface area contributed by atoms with Gasteiger partial charge in [0.1, 0.15) is 0 Å². The second kappa shape index (κ2) is 13.3. The van der Waals surface area contributed by atoms with Crippen LogP contribution in [0.5, 0.6) is 0 Å². The minimum atomic E-state index is -0.762. The monoisotopic (exact) mass is 495 g/mol. The van der Waals surface area contributed by atoms with Gasteiger partial charge in [-0.15, -0.1) is 0 Å². The van der Waals surface area contributed by atoms with Crippen LogP contribution in [-0.4, -0.2) is 63.9 Å². The van der Waals surface area contributed by atoms with E-state index in [0.29, 0.717) is 19.4 Å². The van der Waals surface area contributed by atoms with E-state index in [1.54, 1.807) is 0 Å². The Bertz CT molecular complexity index is 943. The van der Waals surface area contributed by atoms with Gasteiger partial charge in [-0.1, -0.05) is 66.7 Å². The van der Waals surface area contributed by atoms with E-state index in [-0.39, 0.29) is 30.6 Å². The van der Waals surface area contributed by atoms with Crippen molar-refractivity contribution in [2.45, 2.75) is 57.0 Å². The van der Waals surface area contributed by atoms with E-state index in [2.05, 4.69) is 59.5 Å². The molecule has 4 rings (SSSR count). The molecule has 0 radical (unpaired) electrons. The first-order chi connectivity index (χ1) is 17.1. The van der Waals surface area contributed by atoms with Crippen LogP contribution in [0.15, 0.2) is 66.7 Å². The van der Waals surface area contributed by atoms with Crippen LogP contribution >= 0.6 is 11.8 Å². The molecule has 1 aliphatic carbocycles. The third-order valence-corrected chi connectivity index (χ3v) is 8.08. The van der Waals surface area contributed by atoms with Gasteiger partial charge in [0, 0.05) is 49.4 Å². The number of carboxylic acids is 1. The van der Waals surface area contributed by atoms with Gasteiger partial charge < -0.3 is 14.9 Å². The first kappa shape index (κ1) is 26.0. The summed E-state index contributed by atoms with van der Waals surface area (Å²) in [5.41, 5.74) is 3.54. The van der Waals surface area contributed by atoms with Crippen molar-refractivity contribution < 1.29 is 19.7 Å². The summed E-state index contributed by atoms with van der Waals surface area (Å²) in [5, 5.41) is 19.9. The van der Waals surface area contributed by atoms with Gasteiger partial charge in [-0.2, -0.15) is 11.8 Å². The highest BCUT2D eigenvalue weighted by molar-refractivity contribution is 7.99. The lowest BCUT2D eigenvalue weighted by atomic mass is 9.93. The smallest absolute Gasteiger partial charge is 0.303 e. The maximum absolute atomic E-state index is 11.0. The van der Waals surface area contributed by atoms with E-state index < -0.39 is 5.97 Å². The first-order valence-electron chi connectivity index (χ1n) is 12.7. The number of aliphatic hydroxyl groups excluding tert-OH is 1. The molecule has 2 aliphatic rings. The van der Waals surface area contributed by atoms with Crippen molar-refractivity contribution in [2.75, 3.05) is 24.6 Å². The molecule has 0 amide bonds. The molecule has 2 N–H and O–H groups in total. The maximum atomic E-state index is 11.0. The molecule has 1 aliphatic heterocycles. The Morgan fingerprint density at radius 3 is 2.40 bits per heavy atom. The summed E-state index contributed by atoms with van der Waals surface area (Å²) in [6, 6.07) is 19.1. The van der Waals surface area contributed by atoms with Crippen LogP contribution in [0.25, 0.3) is 11.1 Å². The average Bonchev–Trinajstić information content (AvgIpc) is 3.20. The Balaban J connectivity index is 1.37. The zero-order valence-corrected chi connectivity index (χ0v) is 21.1. The van der Waals surface area contributed by atoms with Gasteiger partial charge in [-0.25, -0.2) is 0 Å². The average molecular weight is 496 g/mol. The van der Waals surface area contributed by atoms with Gasteiger partial charge >= 0.3 is 5.97 Å². The molecule has 0 aromatic heterocycles. The van der Waals surface area contributed by atoms with E-state index in [1.165, 1.54) is 11.1 Å². The number of aliphatic carboxylic acids is 1. The lowest BCUT2D eigenvalue weighted by Crippen LogP contribution is -2.48. The molecule has 2 aromatic rings. The van der Waals surface area contributed by atoms with Gasteiger partial charge in [0.05, 0.1) is 18.8 Å². The summed E-state index contributed by atoms with van der Waals surface area (Å²) in [4.78, 5) is 13.2. The highest BCUT2D eigenvalue weighted by Gasteiger charge is 2.45. The fourth-order valence-corrected chi connectivity index (χ4v) is 6.29.